The highest BCUT2D eigenvalue weighted by molar-refractivity contribution is 5.22. The monoisotopic (exact) mass is 247 g/mol. The van der Waals surface area contributed by atoms with E-state index in [4.69, 9.17) is 4.42 Å². The predicted octanol–water partition coefficient (Wildman–Crippen LogP) is 2.02. The molecule has 1 saturated carbocycles. The van der Waals surface area contributed by atoms with Gasteiger partial charge in [-0.1, -0.05) is 5.10 Å². The lowest BCUT2D eigenvalue weighted by Crippen LogP contribution is -2.18. The van der Waals surface area contributed by atoms with Crippen molar-refractivity contribution in [3.63, 3.8) is 0 Å². The Hall–Kier alpha value is -1.85. The number of aromatic amines is 1. The third-order valence-corrected chi connectivity index (χ3v) is 3.01. The zero-order valence-corrected chi connectivity index (χ0v) is 10.6. The van der Waals surface area contributed by atoms with Crippen LogP contribution >= 0.6 is 0 Å². The minimum atomic E-state index is 0.209. The fraction of sp³-hybridized carbons (Fsp3) is 0.583. The van der Waals surface area contributed by atoms with Crippen molar-refractivity contribution in [2.75, 3.05) is 5.32 Å². The first-order valence-corrected chi connectivity index (χ1v) is 6.31. The van der Waals surface area contributed by atoms with E-state index in [2.05, 4.69) is 32.6 Å². The summed E-state index contributed by atoms with van der Waals surface area (Å²) in [5.74, 6) is 1.26. The number of hydrogen-bond acceptors (Lipinski definition) is 5. The molecule has 96 valence electrons. The van der Waals surface area contributed by atoms with Gasteiger partial charge in [0.2, 0.25) is 5.89 Å². The summed E-state index contributed by atoms with van der Waals surface area (Å²) in [5, 5.41) is 18.4. The Morgan fingerprint density at radius 2 is 2.33 bits per heavy atom. The Balaban J connectivity index is 1.57. The number of anilines is 1. The molecule has 3 rings (SSSR count). The molecule has 0 spiro atoms. The standard InChI is InChI=1S/C12H17N5O/c1-7(5-10-6-8(2)14-15-10)13-12-17-16-11(18-12)9-3-4-9/h6-7,9H,3-5H2,1-2H3,(H,13,17)(H,14,15). The van der Waals surface area contributed by atoms with Crippen LogP contribution in [0, 0.1) is 6.92 Å². The molecule has 1 fully saturated rings. The molecule has 0 bridgehead atoms. The zero-order chi connectivity index (χ0) is 12.5. The summed E-state index contributed by atoms with van der Waals surface area (Å²) in [5.41, 5.74) is 2.11. The molecule has 18 heavy (non-hydrogen) atoms. The van der Waals surface area contributed by atoms with Gasteiger partial charge in [-0.05, 0) is 32.8 Å². The Bertz CT molecular complexity index is 528. The highest BCUT2D eigenvalue weighted by atomic mass is 16.4. The maximum absolute atomic E-state index is 5.56. The first-order valence-electron chi connectivity index (χ1n) is 6.31. The fourth-order valence-corrected chi connectivity index (χ4v) is 1.94. The van der Waals surface area contributed by atoms with Crippen molar-refractivity contribution >= 4 is 6.01 Å². The van der Waals surface area contributed by atoms with Crippen LogP contribution < -0.4 is 5.32 Å². The molecule has 6 nitrogen and oxygen atoms in total. The largest absolute Gasteiger partial charge is 0.408 e. The summed E-state index contributed by atoms with van der Waals surface area (Å²) in [6.07, 6.45) is 3.17. The second-order valence-corrected chi connectivity index (χ2v) is 5.01. The Kier molecular flexibility index (Phi) is 2.77. The average molecular weight is 247 g/mol. The van der Waals surface area contributed by atoms with Gasteiger partial charge < -0.3 is 9.73 Å². The number of hydrogen-bond donors (Lipinski definition) is 2. The molecule has 2 aromatic rings. The average Bonchev–Trinajstić information content (AvgIpc) is 2.95. The Morgan fingerprint density at radius 1 is 1.50 bits per heavy atom. The summed E-state index contributed by atoms with van der Waals surface area (Å²) in [4.78, 5) is 0. The van der Waals surface area contributed by atoms with E-state index in [1.807, 2.05) is 13.0 Å². The van der Waals surface area contributed by atoms with Gasteiger partial charge in [-0.3, -0.25) is 5.10 Å². The van der Waals surface area contributed by atoms with E-state index in [1.165, 1.54) is 12.8 Å². The molecule has 1 unspecified atom stereocenters. The van der Waals surface area contributed by atoms with E-state index in [-0.39, 0.29) is 6.04 Å². The predicted molar refractivity (Wildman–Crippen MR) is 66.4 cm³/mol. The maximum atomic E-state index is 5.56. The van der Waals surface area contributed by atoms with E-state index in [0.29, 0.717) is 11.9 Å². The van der Waals surface area contributed by atoms with Crippen LogP contribution in [0.25, 0.3) is 0 Å². The molecular formula is C12H17N5O. The molecule has 2 N–H and O–H groups in total. The summed E-state index contributed by atoms with van der Waals surface area (Å²) in [6, 6.07) is 2.76. The number of aryl methyl sites for hydroxylation is 1. The first-order chi connectivity index (χ1) is 8.70. The molecule has 2 heterocycles. The number of nitrogens with one attached hydrogen (secondary N) is 2. The van der Waals surface area contributed by atoms with Gasteiger partial charge in [0.1, 0.15) is 0 Å². The van der Waals surface area contributed by atoms with Crippen molar-refractivity contribution < 1.29 is 4.42 Å². The third kappa shape index (κ3) is 2.52. The van der Waals surface area contributed by atoms with Crippen LogP contribution in [0.2, 0.25) is 0 Å². The van der Waals surface area contributed by atoms with E-state index in [1.54, 1.807) is 0 Å². The molecule has 0 amide bonds. The van der Waals surface area contributed by atoms with Crippen molar-refractivity contribution in [3.05, 3.63) is 23.3 Å². The first kappa shape index (κ1) is 11.3. The van der Waals surface area contributed by atoms with E-state index in [0.717, 1.165) is 23.7 Å². The van der Waals surface area contributed by atoms with Crippen molar-refractivity contribution in [3.8, 4) is 0 Å². The molecule has 1 atom stereocenters. The smallest absolute Gasteiger partial charge is 0.315 e. The molecule has 0 aromatic carbocycles. The summed E-state index contributed by atoms with van der Waals surface area (Å²) >= 11 is 0. The van der Waals surface area contributed by atoms with Gasteiger partial charge in [-0.25, -0.2) is 0 Å². The summed E-state index contributed by atoms with van der Waals surface area (Å²) in [6.45, 7) is 4.07. The van der Waals surface area contributed by atoms with Crippen LogP contribution in [-0.2, 0) is 6.42 Å². The van der Waals surface area contributed by atoms with Crippen molar-refractivity contribution in [1.29, 1.82) is 0 Å². The van der Waals surface area contributed by atoms with Gasteiger partial charge in [0, 0.05) is 24.1 Å². The lowest BCUT2D eigenvalue weighted by Gasteiger charge is -2.09. The number of H-pyrrole nitrogens is 1. The molecule has 2 aromatic heterocycles. The zero-order valence-electron chi connectivity index (χ0n) is 10.6. The van der Waals surface area contributed by atoms with Crippen molar-refractivity contribution in [2.45, 2.75) is 45.1 Å². The molecule has 0 radical (unpaired) electrons. The highest BCUT2D eigenvalue weighted by Gasteiger charge is 2.29. The van der Waals surface area contributed by atoms with Gasteiger partial charge in [0.15, 0.2) is 0 Å². The highest BCUT2D eigenvalue weighted by Crippen LogP contribution is 2.39. The van der Waals surface area contributed by atoms with Crippen LogP contribution in [0.3, 0.4) is 0 Å². The molecule has 0 saturated heterocycles. The third-order valence-electron chi connectivity index (χ3n) is 3.01. The molecular weight excluding hydrogens is 230 g/mol. The summed E-state index contributed by atoms with van der Waals surface area (Å²) < 4.78 is 5.56. The Labute approximate surface area is 105 Å². The fourth-order valence-electron chi connectivity index (χ4n) is 1.94. The number of aromatic nitrogens is 4. The molecule has 0 aliphatic heterocycles. The Morgan fingerprint density at radius 3 is 3.00 bits per heavy atom. The molecule has 6 heteroatoms. The van der Waals surface area contributed by atoms with Gasteiger partial charge in [-0.2, -0.15) is 5.10 Å². The number of nitrogens with zero attached hydrogens (tertiary/aromatic N) is 3. The quantitative estimate of drug-likeness (QED) is 0.845. The van der Waals surface area contributed by atoms with Crippen LogP contribution in [-0.4, -0.2) is 26.4 Å². The lowest BCUT2D eigenvalue weighted by atomic mass is 10.2. The SMILES string of the molecule is Cc1cc(CC(C)Nc2nnc(C3CC3)o2)n[nH]1. The van der Waals surface area contributed by atoms with Gasteiger partial charge in [0.25, 0.3) is 0 Å². The topological polar surface area (TPSA) is 79.6 Å². The van der Waals surface area contributed by atoms with Crippen LogP contribution in [0.15, 0.2) is 10.5 Å². The van der Waals surface area contributed by atoms with Crippen molar-refractivity contribution in [1.82, 2.24) is 20.4 Å². The maximum Gasteiger partial charge on any atom is 0.315 e. The van der Waals surface area contributed by atoms with Gasteiger partial charge >= 0.3 is 6.01 Å². The van der Waals surface area contributed by atoms with Crippen LogP contribution in [0.5, 0.6) is 0 Å². The second kappa shape index (κ2) is 4.44. The summed E-state index contributed by atoms with van der Waals surface area (Å²) in [7, 11) is 0. The normalized spacial score (nSPS) is 16.8. The minimum Gasteiger partial charge on any atom is -0.408 e. The van der Waals surface area contributed by atoms with Gasteiger partial charge in [-0.15, -0.1) is 5.10 Å². The minimum absolute atomic E-state index is 0.209. The van der Waals surface area contributed by atoms with Gasteiger partial charge in [0.05, 0.1) is 5.69 Å². The van der Waals surface area contributed by atoms with Crippen LogP contribution in [0.4, 0.5) is 6.01 Å². The number of rotatable bonds is 5. The van der Waals surface area contributed by atoms with Crippen LogP contribution in [0.1, 0.15) is 43.0 Å². The van der Waals surface area contributed by atoms with E-state index in [9.17, 15) is 0 Å². The second-order valence-electron chi connectivity index (χ2n) is 5.01. The van der Waals surface area contributed by atoms with Crippen molar-refractivity contribution in [2.24, 2.45) is 0 Å². The molecule has 1 aliphatic rings. The van der Waals surface area contributed by atoms with E-state index < -0.39 is 0 Å². The lowest BCUT2D eigenvalue weighted by molar-refractivity contribution is 0.501. The molecule has 1 aliphatic carbocycles. The van der Waals surface area contributed by atoms with E-state index >= 15 is 0 Å².